The van der Waals surface area contributed by atoms with E-state index in [1.54, 1.807) is 6.08 Å². The second-order valence-corrected chi connectivity index (χ2v) is 6.95. The van der Waals surface area contributed by atoms with Gasteiger partial charge in [0.15, 0.2) is 6.29 Å². The van der Waals surface area contributed by atoms with Crippen LogP contribution in [0.1, 0.15) is 27.2 Å². The summed E-state index contributed by atoms with van der Waals surface area (Å²) < 4.78 is 27.5. The van der Waals surface area contributed by atoms with Crippen molar-refractivity contribution in [1.82, 2.24) is 0 Å². The van der Waals surface area contributed by atoms with E-state index in [0.717, 1.165) is 5.57 Å². The first-order valence-electron chi connectivity index (χ1n) is 8.90. The van der Waals surface area contributed by atoms with Crippen LogP contribution in [0.15, 0.2) is 22.8 Å². The molecule has 0 aromatic heterocycles. The molecular formula is C19H28O8. The number of hydrogen-bond acceptors (Lipinski definition) is 8. The van der Waals surface area contributed by atoms with E-state index in [1.165, 1.54) is 21.1 Å². The molecule has 2 rings (SSSR count). The van der Waals surface area contributed by atoms with Gasteiger partial charge in [-0.3, -0.25) is 9.59 Å². The summed E-state index contributed by atoms with van der Waals surface area (Å²) >= 11 is 0. The number of carbonyl (C=O) groups is 2. The molecule has 1 heterocycles. The number of aliphatic hydroxyl groups excluding tert-OH is 1. The van der Waals surface area contributed by atoms with Crippen molar-refractivity contribution in [1.29, 1.82) is 0 Å². The van der Waals surface area contributed by atoms with Gasteiger partial charge in [0, 0.05) is 33.1 Å². The van der Waals surface area contributed by atoms with E-state index in [1.807, 2.05) is 13.8 Å². The molecular weight excluding hydrogens is 356 g/mol. The SMILES string of the molecule is COC1C=C(CO)C2C1=C(COC(C)=O)C(OC)OC2OC(=O)CC(C)C. The van der Waals surface area contributed by atoms with Crippen LogP contribution in [0.4, 0.5) is 0 Å². The summed E-state index contributed by atoms with van der Waals surface area (Å²) in [7, 11) is 2.98. The minimum atomic E-state index is -0.962. The number of aliphatic hydroxyl groups is 1. The maximum Gasteiger partial charge on any atom is 0.308 e. The Hall–Kier alpha value is -1.74. The van der Waals surface area contributed by atoms with Crippen molar-refractivity contribution >= 4 is 11.9 Å². The highest BCUT2D eigenvalue weighted by Gasteiger charge is 2.47. The van der Waals surface area contributed by atoms with Gasteiger partial charge in [0.1, 0.15) is 6.61 Å². The molecule has 1 aliphatic heterocycles. The zero-order valence-corrected chi connectivity index (χ0v) is 16.4. The van der Waals surface area contributed by atoms with Gasteiger partial charge in [0.25, 0.3) is 0 Å². The minimum absolute atomic E-state index is 0.0429. The Morgan fingerprint density at radius 3 is 2.48 bits per heavy atom. The van der Waals surface area contributed by atoms with Crippen LogP contribution in [0, 0.1) is 11.8 Å². The molecule has 8 heteroatoms. The van der Waals surface area contributed by atoms with Gasteiger partial charge in [0.05, 0.1) is 18.6 Å². The number of carbonyl (C=O) groups excluding carboxylic acids is 2. The first kappa shape index (κ1) is 21.6. The van der Waals surface area contributed by atoms with Crippen molar-refractivity contribution in [2.75, 3.05) is 27.4 Å². The molecule has 0 fully saturated rings. The van der Waals surface area contributed by atoms with Crippen molar-refractivity contribution in [2.45, 2.75) is 45.9 Å². The highest BCUT2D eigenvalue weighted by Crippen LogP contribution is 2.44. The number of fused-ring (bicyclic) bond motifs is 1. The number of hydrogen-bond donors (Lipinski definition) is 1. The summed E-state index contributed by atoms with van der Waals surface area (Å²) in [5.41, 5.74) is 1.93. The molecule has 0 aromatic carbocycles. The van der Waals surface area contributed by atoms with Gasteiger partial charge in [-0.25, -0.2) is 0 Å². The third-order valence-corrected chi connectivity index (χ3v) is 4.50. The average Bonchev–Trinajstić information content (AvgIpc) is 2.98. The van der Waals surface area contributed by atoms with E-state index < -0.39 is 36.5 Å². The molecule has 27 heavy (non-hydrogen) atoms. The summed E-state index contributed by atoms with van der Waals surface area (Å²) in [4.78, 5) is 23.5. The number of rotatable bonds is 8. The van der Waals surface area contributed by atoms with Crippen molar-refractivity contribution in [3.05, 3.63) is 22.8 Å². The molecule has 1 N–H and O–H groups in total. The lowest BCUT2D eigenvalue weighted by atomic mass is 9.88. The molecule has 2 aliphatic rings. The van der Waals surface area contributed by atoms with Crippen LogP contribution in [0.5, 0.6) is 0 Å². The summed E-state index contributed by atoms with van der Waals surface area (Å²) in [6.45, 7) is 4.86. The van der Waals surface area contributed by atoms with Crippen molar-refractivity contribution in [3.63, 3.8) is 0 Å². The van der Waals surface area contributed by atoms with Gasteiger partial charge in [-0.2, -0.15) is 0 Å². The monoisotopic (exact) mass is 384 g/mol. The average molecular weight is 384 g/mol. The Labute approximate surface area is 159 Å². The zero-order chi connectivity index (χ0) is 20.1. The van der Waals surface area contributed by atoms with Gasteiger partial charge in [-0.1, -0.05) is 13.8 Å². The molecule has 0 amide bonds. The predicted octanol–water partition coefficient (Wildman–Crippen LogP) is 1.33. The smallest absolute Gasteiger partial charge is 0.308 e. The molecule has 8 nitrogen and oxygen atoms in total. The van der Waals surface area contributed by atoms with Crippen molar-refractivity contribution in [2.24, 2.45) is 11.8 Å². The number of methoxy groups -OCH3 is 2. The maximum absolute atomic E-state index is 12.2. The van der Waals surface area contributed by atoms with Gasteiger partial charge in [-0.15, -0.1) is 0 Å². The van der Waals surface area contributed by atoms with Crippen molar-refractivity contribution in [3.8, 4) is 0 Å². The lowest BCUT2D eigenvalue weighted by molar-refractivity contribution is -0.242. The molecule has 4 atom stereocenters. The molecule has 0 spiro atoms. The fraction of sp³-hybridized carbons (Fsp3) is 0.684. The Kier molecular flexibility index (Phi) is 7.55. The first-order chi connectivity index (χ1) is 12.8. The van der Waals surface area contributed by atoms with Gasteiger partial charge in [0.2, 0.25) is 6.29 Å². The zero-order valence-electron chi connectivity index (χ0n) is 16.4. The van der Waals surface area contributed by atoms with Gasteiger partial charge in [-0.05, 0) is 23.1 Å². The molecule has 0 aromatic rings. The summed E-state index contributed by atoms with van der Waals surface area (Å²) in [6, 6.07) is 0. The van der Waals surface area contributed by atoms with Crippen LogP contribution < -0.4 is 0 Å². The van der Waals surface area contributed by atoms with Crippen LogP contribution in [-0.2, 0) is 33.3 Å². The summed E-state index contributed by atoms with van der Waals surface area (Å²) in [6.07, 6.45) is -0.281. The summed E-state index contributed by atoms with van der Waals surface area (Å²) in [5.74, 6) is -1.22. The lowest BCUT2D eigenvalue weighted by Gasteiger charge is -2.38. The Bertz CT molecular complexity index is 621. The fourth-order valence-electron chi connectivity index (χ4n) is 3.37. The van der Waals surface area contributed by atoms with E-state index in [9.17, 15) is 14.7 Å². The second-order valence-electron chi connectivity index (χ2n) is 6.95. The van der Waals surface area contributed by atoms with E-state index in [0.29, 0.717) is 11.1 Å². The Balaban J connectivity index is 2.39. The van der Waals surface area contributed by atoms with Crippen LogP contribution in [-0.4, -0.2) is 63.2 Å². The molecule has 1 aliphatic carbocycles. The molecule has 0 saturated carbocycles. The first-order valence-corrected chi connectivity index (χ1v) is 8.90. The molecule has 0 bridgehead atoms. The third kappa shape index (κ3) is 4.95. The Morgan fingerprint density at radius 1 is 1.26 bits per heavy atom. The number of ether oxygens (including phenoxy) is 5. The van der Waals surface area contributed by atoms with Gasteiger partial charge >= 0.3 is 11.9 Å². The fourth-order valence-corrected chi connectivity index (χ4v) is 3.37. The van der Waals surface area contributed by atoms with Crippen LogP contribution in [0.25, 0.3) is 0 Å². The van der Waals surface area contributed by atoms with Crippen LogP contribution in [0.2, 0.25) is 0 Å². The minimum Gasteiger partial charge on any atom is -0.461 e. The van der Waals surface area contributed by atoms with E-state index in [2.05, 4.69) is 0 Å². The topological polar surface area (TPSA) is 101 Å². The van der Waals surface area contributed by atoms with Crippen LogP contribution in [0.3, 0.4) is 0 Å². The normalized spacial score (nSPS) is 27.4. The quantitative estimate of drug-likeness (QED) is 0.494. The van der Waals surface area contributed by atoms with E-state index in [4.69, 9.17) is 23.7 Å². The highest BCUT2D eigenvalue weighted by molar-refractivity contribution is 5.70. The lowest BCUT2D eigenvalue weighted by Crippen LogP contribution is -2.43. The second kappa shape index (κ2) is 9.45. The molecule has 0 radical (unpaired) electrons. The predicted molar refractivity (Wildman–Crippen MR) is 94.3 cm³/mol. The molecule has 152 valence electrons. The largest absolute Gasteiger partial charge is 0.461 e. The highest BCUT2D eigenvalue weighted by atomic mass is 16.8. The Morgan fingerprint density at radius 2 is 1.96 bits per heavy atom. The molecule has 4 unspecified atom stereocenters. The van der Waals surface area contributed by atoms with Crippen LogP contribution >= 0.6 is 0 Å². The van der Waals surface area contributed by atoms with E-state index in [-0.39, 0.29) is 25.6 Å². The molecule has 0 saturated heterocycles. The van der Waals surface area contributed by atoms with Crippen molar-refractivity contribution < 1.29 is 38.4 Å². The standard InChI is InChI=1S/C19H28O8/c1-10(2)6-15(22)26-19-16-12(8-20)7-14(23-4)17(16)13(9-25-11(3)21)18(24-5)27-19/h7,10,14,16,18-20H,6,8-9H2,1-5H3. The maximum atomic E-state index is 12.2. The van der Waals surface area contributed by atoms with E-state index >= 15 is 0 Å². The number of esters is 2. The van der Waals surface area contributed by atoms with Gasteiger partial charge < -0.3 is 28.8 Å². The summed E-state index contributed by atoms with van der Waals surface area (Å²) in [5, 5.41) is 9.78. The third-order valence-electron chi connectivity index (χ3n) is 4.50.